The first kappa shape index (κ1) is 13.3. The highest BCUT2D eigenvalue weighted by molar-refractivity contribution is 8.01. The zero-order valence-corrected chi connectivity index (χ0v) is 11.6. The number of anilines is 1. The minimum Gasteiger partial charge on any atom is -0.481 e. The largest absolute Gasteiger partial charge is 0.481 e. The Kier molecular flexibility index (Phi) is 3.58. The first-order valence-electron chi connectivity index (χ1n) is 5.37. The van der Waals surface area contributed by atoms with Crippen LogP contribution in [0.15, 0.2) is 4.34 Å². The Bertz CT molecular complexity index is 486. The smallest absolute Gasteiger partial charge is 0.313 e. The number of carboxylic acids is 1. The van der Waals surface area contributed by atoms with Crippen LogP contribution in [0.4, 0.5) is 5.13 Å². The van der Waals surface area contributed by atoms with Gasteiger partial charge in [0.2, 0.25) is 11.0 Å². The standard InChI is InChI=1S/C10H13N3O3S2/c1-10(2)3-5(10)7(16)11-8-12-13-9(18-8)17-4-6(14)15/h5H,3-4H2,1-2H3,(H,14,15)(H,11,12,16). The average molecular weight is 287 g/mol. The van der Waals surface area contributed by atoms with E-state index in [9.17, 15) is 9.59 Å². The molecule has 6 nitrogen and oxygen atoms in total. The van der Waals surface area contributed by atoms with E-state index in [1.165, 1.54) is 11.3 Å². The van der Waals surface area contributed by atoms with E-state index in [1.807, 2.05) is 13.8 Å². The zero-order chi connectivity index (χ0) is 13.3. The average Bonchev–Trinajstić information content (AvgIpc) is 2.72. The third-order valence-electron chi connectivity index (χ3n) is 2.79. The van der Waals surface area contributed by atoms with E-state index >= 15 is 0 Å². The summed E-state index contributed by atoms with van der Waals surface area (Å²) in [6, 6.07) is 0. The summed E-state index contributed by atoms with van der Waals surface area (Å²) in [7, 11) is 0. The summed E-state index contributed by atoms with van der Waals surface area (Å²) >= 11 is 2.29. The number of carbonyl (C=O) groups excluding carboxylic acids is 1. The molecule has 0 aliphatic heterocycles. The molecule has 2 rings (SSSR count). The van der Waals surface area contributed by atoms with Crippen molar-refractivity contribution >= 4 is 40.1 Å². The molecule has 1 aromatic heterocycles. The molecule has 1 unspecified atom stereocenters. The second kappa shape index (κ2) is 4.85. The number of hydrogen-bond donors (Lipinski definition) is 2. The Balaban J connectivity index is 1.87. The Morgan fingerprint density at radius 3 is 2.78 bits per heavy atom. The topological polar surface area (TPSA) is 92.2 Å². The predicted octanol–water partition coefficient (Wildman–Crippen LogP) is 1.70. The van der Waals surface area contributed by atoms with E-state index in [2.05, 4.69) is 15.5 Å². The fourth-order valence-corrected chi connectivity index (χ4v) is 3.02. The number of hydrogen-bond acceptors (Lipinski definition) is 6. The van der Waals surface area contributed by atoms with Crippen molar-refractivity contribution in [1.82, 2.24) is 10.2 Å². The first-order chi connectivity index (χ1) is 8.38. The minimum atomic E-state index is -0.902. The molecule has 0 bridgehead atoms. The van der Waals surface area contributed by atoms with Crippen LogP contribution >= 0.6 is 23.1 Å². The lowest BCUT2D eigenvalue weighted by Crippen LogP contribution is -2.16. The molecule has 0 saturated heterocycles. The van der Waals surface area contributed by atoms with Gasteiger partial charge >= 0.3 is 5.97 Å². The summed E-state index contributed by atoms with van der Waals surface area (Å²) in [5.74, 6) is -0.957. The van der Waals surface area contributed by atoms with Gasteiger partial charge in [0.05, 0.1) is 5.75 Å². The van der Waals surface area contributed by atoms with Crippen LogP contribution in [-0.4, -0.2) is 32.9 Å². The molecule has 8 heteroatoms. The van der Waals surface area contributed by atoms with Crippen LogP contribution in [-0.2, 0) is 9.59 Å². The summed E-state index contributed by atoms with van der Waals surface area (Å²) < 4.78 is 0.544. The molecule has 0 spiro atoms. The van der Waals surface area contributed by atoms with Crippen molar-refractivity contribution in [1.29, 1.82) is 0 Å². The number of nitrogens with zero attached hydrogens (tertiary/aromatic N) is 2. The summed E-state index contributed by atoms with van der Waals surface area (Å²) in [6.07, 6.45) is 0.887. The van der Waals surface area contributed by atoms with Crippen LogP contribution < -0.4 is 5.32 Å². The third-order valence-corrected chi connectivity index (χ3v) is 4.74. The Morgan fingerprint density at radius 2 is 2.22 bits per heavy atom. The molecule has 1 fully saturated rings. The normalized spacial score (nSPS) is 20.4. The number of nitrogens with one attached hydrogen (secondary N) is 1. The molecule has 1 aliphatic carbocycles. The number of carboxylic acid groups (broad SMARTS) is 1. The van der Waals surface area contributed by atoms with Gasteiger partial charge in [-0.3, -0.25) is 9.59 Å². The maximum Gasteiger partial charge on any atom is 0.313 e. The van der Waals surface area contributed by atoms with Gasteiger partial charge in [-0.25, -0.2) is 0 Å². The van der Waals surface area contributed by atoms with Gasteiger partial charge in [0.1, 0.15) is 0 Å². The van der Waals surface area contributed by atoms with E-state index in [1.54, 1.807) is 0 Å². The molecule has 98 valence electrons. The summed E-state index contributed by atoms with van der Waals surface area (Å²) in [5.41, 5.74) is 0.0790. The SMILES string of the molecule is CC1(C)CC1C(=O)Nc1nnc(SCC(=O)O)s1. The first-order valence-corrected chi connectivity index (χ1v) is 7.17. The van der Waals surface area contributed by atoms with Crippen molar-refractivity contribution in [2.75, 3.05) is 11.1 Å². The Labute approximate surface area is 112 Å². The third kappa shape index (κ3) is 3.20. The van der Waals surface area contributed by atoms with Gasteiger partial charge in [0.25, 0.3) is 0 Å². The highest BCUT2D eigenvalue weighted by atomic mass is 32.2. The second-order valence-corrected chi connectivity index (χ2v) is 6.99. The van der Waals surface area contributed by atoms with E-state index < -0.39 is 5.97 Å². The van der Waals surface area contributed by atoms with Crippen molar-refractivity contribution in [2.45, 2.75) is 24.6 Å². The molecule has 18 heavy (non-hydrogen) atoms. The van der Waals surface area contributed by atoms with Crippen molar-refractivity contribution in [3.63, 3.8) is 0 Å². The fraction of sp³-hybridized carbons (Fsp3) is 0.600. The number of amides is 1. The molecule has 1 amide bonds. The molecular weight excluding hydrogens is 274 g/mol. The molecule has 1 aromatic rings. The molecule has 0 radical (unpaired) electrons. The van der Waals surface area contributed by atoms with Gasteiger partial charge < -0.3 is 10.4 Å². The monoisotopic (exact) mass is 287 g/mol. The summed E-state index contributed by atoms with van der Waals surface area (Å²) in [6.45, 7) is 4.09. The molecular formula is C10H13N3O3S2. The highest BCUT2D eigenvalue weighted by Crippen LogP contribution is 2.52. The molecule has 1 atom stereocenters. The van der Waals surface area contributed by atoms with Crippen molar-refractivity contribution in [3.8, 4) is 0 Å². The van der Waals surface area contributed by atoms with Gasteiger partial charge in [-0.2, -0.15) is 0 Å². The van der Waals surface area contributed by atoms with E-state index in [0.29, 0.717) is 9.47 Å². The van der Waals surface area contributed by atoms with Crippen molar-refractivity contribution in [2.24, 2.45) is 11.3 Å². The van der Waals surface area contributed by atoms with Crippen LogP contribution in [0.5, 0.6) is 0 Å². The number of aliphatic carboxylic acids is 1. The van der Waals surface area contributed by atoms with Crippen LogP contribution in [0.2, 0.25) is 0 Å². The minimum absolute atomic E-state index is 0.0362. The van der Waals surface area contributed by atoms with Crippen molar-refractivity contribution in [3.05, 3.63) is 0 Å². The van der Waals surface area contributed by atoms with Crippen molar-refractivity contribution < 1.29 is 14.7 Å². The maximum atomic E-state index is 11.8. The van der Waals surface area contributed by atoms with E-state index in [4.69, 9.17) is 5.11 Å². The van der Waals surface area contributed by atoms with Crippen LogP contribution in [0.1, 0.15) is 20.3 Å². The summed E-state index contributed by atoms with van der Waals surface area (Å²) in [4.78, 5) is 22.2. The molecule has 1 heterocycles. The van der Waals surface area contributed by atoms with Gasteiger partial charge in [-0.15, -0.1) is 10.2 Å². The lowest BCUT2D eigenvalue weighted by Gasteiger charge is -2.02. The predicted molar refractivity (Wildman–Crippen MR) is 68.8 cm³/mol. The quantitative estimate of drug-likeness (QED) is 0.632. The van der Waals surface area contributed by atoms with Gasteiger partial charge in [0, 0.05) is 5.92 Å². The van der Waals surface area contributed by atoms with Crippen LogP contribution in [0.25, 0.3) is 0 Å². The molecule has 0 aromatic carbocycles. The van der Waals surface area contributed by atoms with Crippen LogP contribution in [0.3, 0.4) is 0 Å². The van der Waals surface area contributed by atoms with Gasteiger partial charge in [-0.1, -0.05) is 36.9 Å². The van der Waals surface area contributed by atoms with Gasteiger partial charge in [0.15, 0.2) is 4.34 Å². The molecule has 1 aliphatic rings. The lowest BCUT2D eigenvalue weighted by molar-refractivity contribution is -0.133. The van der Waals surface area contributed by atoms with Crippen LogP contribution in [0, 0.1) is 11.3 Å². The van der Waals surface area contributed by atoms with Gasteiger partial charge in [-0.05, 0) is 11.8 Å². The number of aromatic nitrogens is 2. The highest BCUT2D eigenvalue weighted by Gasteiger charge is 2.50. The number of rotatable bonds is 5. The second-order valence-electron chi connectivity index (χ2n) is 4.79. The lowest BCUT2D eigenvalue weighted by atomic mass is 10.1. The zero-order valence-electron chi connectivity index (χ0n) is 9.97. The maximum absolute atomic E-state index is 11.8. The summed E-state index contributed by atoms with van der Waals surface area (Å²) in [5, 5.41) is 19.3. The fourth-order valence-electron chi connectivity index (χ4n) is 1.55. The van der Waals surface area contributed by atoms with E-state index in [0.717, 1.165) is 18.2 Å². The molecule has 2 N–H and O–H groups in total. The number of thioether (sulfide) groups is 1. The number of carbonyl (C=O) groups is 2. The molecule has 1 saturated carbocycles. The van der Waals surface area contributed by atoms with E-state index in [-0.39, 0.29) is 23.0 Å². The Hall–Kier alpha value is -1.15. The Morgan fingerprint density at radius 1 is 1.56 bits per heavy atom.